The second kappa shape index (κ2) is 5.37. The first kappa shape index (κ1) is 10.8. The third-order valence-corrected chi connectivity index (χ3v) is 2.01. The van der Waals surface area contributed by atoms with Gasteiger partial charge in [0.05, 0.1) is 6.61 Å². The molecule has 6 heteroatoms. The molecule has 16 heavy (non-hydrogen) atoms. The molecule has 0 aliphatic carbocycles. The zero-order chi connectivity index (χ0) is 11.2. The van der Waals surface area contributed by atoms with Crippen LogP contribution in [0, 0.1) is 0 Å². The third kappa shape index (κ3) is 3.13. The molecule has 0 bridgehead atoms. The van der Waals surface area contributed by atoms with E-state index in [-0.39, 0.29) is 5.28 Å². The lowest BCUT2D eigenvalue weighted by atomic mass is 10.3. The van der Waals surface area contributed by atoms with E-state index < -0.39 is 0 Å². The third-order valence-electron chi connectivity index (χ3n) is 1.85. The first-order valence-corrected chi connectivity index (χ1v) is 5.10. The van der Waals surface area contributed by atoms with Gasteiger partial charge in [0.15, 0.2) is 0 Å². The number of ether oxygens (including phenoxy) is 1. The Bertz CT molecular complexity index is 452. The minimum atomic E-state index is 0.0790. The molecule has 0 atom stereocenters. The zero-order valence-corrected chi connectivity index (χ0v) is 9.13. The molecule has 0 fully saturated rings. The summed E-state index contributed by atoms with van der Waals surface area (Å²) in [7, 11) is 0. The molecular formula is C10H9ClN4O. The molecule has 0 amide bonds. The van der Waals surface area contributed by atoms with Crippen molar-refractivity contribution in [1.29, 1.82) is 0 Å². The van der Waals surface area contributed by atoms with Gasteiger partial charge in [-0.15, -0.1) is 5.10 Å². The fraction of sp³-hybridized carbons (Fsp3) is 0.200. The van der Waals surface area contributed by atoms with Gasteiger partial charge in [0.25, 0.3) is 0 Å². The standard InChI is InChI=1S/C10H9ClN4O/c11-10-14-9(7-13-15-10)16-6-4-8-3-1-2-5-12-8/h1-3,5,7H,4,6H2. The average Bonchev–Trinajstić information content (AvgIpc) is 2.30. The maximum absolute atomic E-state index is 5.56. The smallest absolute Gasteiger partial charge is 0.246 e. The van der Waals surface area contributed by atoms with E-state index in [0.717, 1.165) is 5.69 Å². The predicted octanol–water partition coefficient (Wildman–Crippen LogP) is 1.54. The summed E-state index contributed by atoms with van der Waals surface area (Å²) in [5.41, 5.74) is 0.968. The summed E-state index contributed by atoms with van der Waals surface area (Å²) in [5, 5.41) is 7.22. The molecule has 0 unspecified atom stereocenters. The molecule has 0 saturated carbocycles. The maximum atomic E-state index is 5.56. The maximum Gasteiger partial charge on any atom is 0.246 e. The van der Waals surface area contributed by atoms with Gasteiger partial charge in [0, 0.05) is 18.3 Å². The Balaban J connectivity index is 1.85. The van der Waals surface area contributed by atoms with Crippen molar-refractivity contribution in [3.63, 3.8) is 0 Å². The molecule has 2 heterocycles. The van der Waals surface area contributed by atoms with Gasteiger partial charge >= 0.3 is 0 Å². The van der Waals surface area contributed by atoms with Crippen LogP contribution in [-0.2, 0) is 6.42 Å². The van der Waals surface area contributed by atoms with Crippen molar-refractivity contribution >= 4 is 11.6 Å². The number of rotatable bonds is 4. The molecule has 2 aromatic rings. The lowest BCUT2D eigenvalue weighted by molar-refractivity contribution is 0.305. The van der Waals surface area contributed by atoms with Gasteiger partial charge in [-0.25, -0.2) is 0 Å². The van der Waals surface area contributed by atoms with Gasteiger partial charge in [-0.2, -0.15) is 10.1 Å². The van der Waals surface area contributed by atoms with E-state index in [2.05, 4.69) is 20.2 Å². The van der Waals surface area contributed by atoms with Gasteiger partial charge in [-0.3, -0.25) is 4.98 Å². The largest absolute Gasteiger partial charge is 0.476 e. The second-order valence-electron chi connectivity index (χ2n) is 2.98. The molecule has 0 radical (unpaired) electrons. The van der Waals surface area contributed by atoms with E-state index in [9.17, 15) is 0 Å². The van der Waals surface area contributed by atoms with Crippen molar-refractivity contribution in [2.45, 2.75) is 6.42 Å². The van der Waals surface area contributed by atoms with Gasteiger partial charge in [-0.05, 0) is 23.7 Å². The van der Waals surface area contributed by atoms with Crippen LogP contribution in [0.2, 0.25) is 5.28 Å². The van der Waals surface area contributed by atoms with Crippen LogP contribution in [0.5, 0.6) is 5.88 Å². The zero-order valence-electron chi connectivity index (χ0n) is 8.38. The van der Waals surface area contributed by atoms with E-state index in [4.69, 9.17) is 16.3 Å². The van der Waals surface area contributed by atoms with Gasteiger partial charge < -0.3 is 4.74 Å². The van der Waals surface area contributed by atoms with Crippen LogP contribution in [0.15, 0.2) is 30.6 Å². The van der Waals surface area contributed by atoms with Gasteiger partial charge in [0.2, 0.25) is 11.2 Å². The number of halogens is 1. The minimum Gasteiger partial charge on any atom is -0.476 e. The van der Waals surface area contributed by atoms with E-state index in [1.54, 1.807) is 6.20 Å². The molecule has 0 aromatic carbocycles. The summed E-state index contributed by atoms with van der Waals surface area (Å²) >= 11 is 5.56. The van der Waals surface area contributed by atoms with Crippen molar-refractivity contribution in [3.05, 3.63) is 41.6 Å². The SMILES string of the molecule is Clc1nncc(OCCc2ccccn2)n1. The Kier molecular flexibility index (Phi) is 3.61. The Morgan fingerprint density at radius 3 is 3.00 bits per heavy atom. The first-order valence-electron chi connectivity index (χ1n) is 4.72. The fourth-order valence-corrected chi connectivity index (χ4v) is 1.27. The Morgan fingerprint density at radius 2 is 2.25 bits per heavy atom. The molecule has 0 spiro atoms. The molecule has 0 saturated heterocycles. The van der Waals surface area contributed by atoms with Crippen molar-refractivity contribution in [2.75, 3.05) is 6.61 Å². The molecule has 0 aliphatic heterocycles. The van der Waals surface area contributed by atoms with Crippen LogP contribution in [0.25, 0.3) is 0 Å². The fourth-order valence-electron chi connectivity index (χ4n) is 1.14. The highest BCUT2D eigenvalue weighted by Gasteiger charge is 1.99. The van der Waals surface area contributed by atoms with Crippen LogP contribution in [0.3, 0.4) is 0 Å². The molecule has 5 nitrogen and oxygen atoms in total. The molecule has 0 aliphatic rings. The molecule has 0 N–H and O–H groups in total. The van der Waals surface area contributed by atoms with Crippen molar-refractivity contribution in [1.82, 2.24) is 20.2 Å². The summed E-state index contributed by atoms with van der Waals surface area (Å²) in [6.07, 6.45) is 3.88. The normalized spacial score (nSPS) is 10.1. The van der Waals surface area contributed by atoms with Gasteiger partial charge in [0.1, 0.15) is 6.20 Å². The van der Waals surface area contributed by atoms with Crippen LogP contribution in [0.1, 0.15) is 5.69 Å². The van der Waals surface area contributed by atoms with E-state index in [0.29, 0.717) is 18.9 Å². The first-order chi connectivity index (χ1) is 7.84. The van der Waals surface area contributed by atoms with Crippen molar-refractivity contribution in [2.24, 2.45) is 0 Å². The summed E-state index contributed by atoms with van der Waals surface area (Å²) in [6.45, 7) is 0.478. The van der Waals surface area contributed by atoms with Crippen molar-refractivity contribution < 1.29 is 4.74 Å². The lowest BCUT2D eigenvalue weighted by Crippen LogP contribution is -2.04. The second-order valence-corrected chi connectivity index (χ2v) is 3.32. The number of hydrogen-bond acceptors (Lipinski definition) is 5. The molecule has 2 rings (SSSR count). The average molecular weight is 237 g/mol. The van der Waals surface area contributed by atoms with Crippen LogP contribution >= 0.6 is 11.6 Å². The number of pyridine rings is 1. The molecule has 82 valence electrons. The van der Waals surface area contributed by atoms with E-state index >= 15 is 0 Å². The highest BCUT2D eigenvalue weighted by Crippen LogP contribution is 2.06. The van der Waals surface area contributed by atoms with Crippen LogP contribution < -0.4 is 4.74 Å². The molecule has 2 aromatic heterocycles. The summed E-state index contributed by atoms with van der Waals surface area (Å²) in [5.74, 6) is 0.371. The molecular weight excluding hydrogens is 228 g/mol. The number of nitrogens with zero attached hydrogens (tertiary/aromatic N) is 4. The number of hydrogen-bond donors (Lipinski definition) is 0. The topological polar surface area (TPSA) is 60.8 Å². The lowest BCUT2D eigenvalue weighted by Gasteiger charge is -2.03. The van der Waals surface area contributed by atoms with Crippen molar-refractivity contribution in [3.8, 4) is 5.88 Å². The highest BCUT2D eigenvalue weighted by atomic mass is 35.5. The Labute approximate surface area is 97.5 Å². The summed E-state index contributed by atoms with van der Waals surface area (Å²) in [4.78, 5) is 8.03. The summed E-state index contributed by atoms with van der Waals surface area (Å²) in [6, 6.07) is 5.75. The van der Waals surface area contributed by atoms with E-state index in [1.807, 2.05) is 18.2 Å². The minimum absolute atomic E-state index is 0.0790. The van der Waals surface area contributed by atoms with E-state index in [1.165, 1.54) is 6.20 Å². The predicted molar refractivity (Wildman–Crippen MR) is 58.3 cm³/mol. The Morgan fingerprint density at radius 1 is 1.31 bits per heavy atom. The highest BCUT2D eigenvalue weighted by molar-refractivity contribution is 6.28. The quantitative estimate of drug-likeness (QED) is 0.806. The monoisotopic (exact) mass is 236 g/mol. The summed E-state index contributed by atoms with van der Waals surface area (Å²) < 4.78 is 5.35. The van der Waals surface area contributed by atoms with Crippen LogP contribution in [-0.4, -0.2) is 26.8 Å². The Hall–Kier alpha value is -1.75. The number of aromatic nitrogens is 4. The van der Waals surface area contributed by atoms with Gasteiger partial charge in [-0.1, -0.05) is 6.07 Å². The van der Waals surface area contributed by atoms with Crippen LogP contribution in [0.4, 0.5) is 0 Å².